The van der Waals surface area contributed by atoms with Crippen molar-refractivity contribution in [1.82, 2.24) is 0 Å². The van der Waals surface area contributed by atoms with Crippen LogP contribution in [0.25, 0.3) is 0 Å². The van der Waals surface area contributed by atoms with E-state index in [0.29, 0.717) is 24.6 Å². The summed E-state index contributed by atoms with van der Waals surface area (Å²) in [7, 11) is 0. The van der Waals surface area contributed by atoms with E-state index in [-0.39, 0.29) is 37.4 Å². The van der Waals surface area contributed by atoms with Crippen molar-refractivity contribution in [3.8, 4) is 0 Å². The Morgan fingerprint density at radius 2 is 2.05 bits per heavy atom. The van der Waals surface area contributed by atoms with E-state index in [4.69, 9.17) is 4.74 Å². The number of anilines is 1. The smallest absolute Gasteiger partial charge is 0.140 e. The zero-order valence-corrected chi connectivity index (χ0v) is 24.3. The normalized spacial score (nSPS) is 26.4. The molecule has 1 aromatic rings. The standard InChI is InChI=1S/C32H40FN3O3.H2S/c1-3-4-5-6-7-8-25(30(23-37)35-38)18-20-39-31-16-11-27-17-19-36(29-14-12-28(33)13-15-29)34-22-24(2)21-32(27,31)26-9-10-26;/h4-5,7-8,12-15,17-18,22,26,30-31,37H,2-3,6,9-11,16,19-21,23H2,1H3;1H2/b5-4?,8-7-,25-18-,27-17-,34-22-;/t30?,31-,32+;/m0./s1. The number of nitrogens with zero attached hydrogens (tertiary/aromatic N) is 3. The first-order valence-corrected chi connectivity index (χ1v) is 14.0. The number of aliphatic hydroxyl groups excluding tert-OH is 1. The van der Waals surface area contributed by atoms with Crippen molar-refractivity contribution < 1.29 is 14.2 Å². The summed E-state index contributed by atoms with van der Waals surface area (Å²) in [4.78, 5) is 11.4. The van der Waals surface area contributed by atoms with Gasteiger partial charge in [-0.15, -0.1) is 0 Å². The Bertz CT molecular complexity index is 1160. The van der Waals surface area contributed by atoms with Crippen LogP contribution in [0, 0.1) is 22.1 Å². The first-order valence-electron chi connectivity index (χ1n) is 14.0. The lowest BCUT2D eigenvalue weighted by Gasteiger charge is -2.37. The first kappa shape index (κ1) is 31.7. The molecule has 1 N–H and O–H groups in total. The van der Waals surface area contributed by atoms with Gasteiger partial charge in [0.1, 0.15) is 11.9 Å². The number of rotatable bonds is 12. The molecule has 0 bridgehead atoms. The fourth-order valence-corrected chi connectivity index (χ4v) is 5.93. The predicted molar refractivity (Wildman–Crippen MR) is 167 cm³/mol. The number of allylic oxidation sites excluding steroid dienone is 4. The number of aliphatic hydroxyl groups is 1. The zero-order chi connectivity index (χ0) is 27.7. The Labute approximate surface area is 244 Å². The van der Waals surface area contributed by atoms with Crippen molar-refractivity contribution in [2.75, 3.05) is 24.8 Å². The second-order valence-electron chi connectivity index (χ2n) is 10.6. The molecule has 216 valence electrons. The van der Waals surface area contributed by atoms with Crippen LogP contribution in [0.5, 0.6) is 0 Å². The molecular formula is C32H42FN3O3S. The summed E-state index contributed by atoms with van der Waals surface area (Å²) in [6.07, 6.45) is 20.7. The van der Waals surface area contributed by atoms with Crippen molar-refractivity contribution in [3.63, 3.8) is 0 Å². The monoisotopic (exact) mass is 567 g/mol. The minimum Gasteiger partial charge on any atom is -0.394 e. The number of hydrazone groups is 1. The van der Waals surface area contributed by atoms with Crippen molar-refractivity contribution in [2.45, 2.75) is 64.0 Å². The van der Waals surface area contributed by atoms with Crippen molar-refractivity contribution in [1.29, 1.82) is 0 Å². The molecule has 6 nitrogen and oxygen atoms in total. The fourth-order valence-electron chi connectivity index (χ4n) is 5.93. The van der Waals surface area contributed by atoms with E-state index >= 15 is 0 Å². The largest absolute Gasteiger partial charge is 0.394 e. The summed E-state index contributed by atoms with van der Waals surface area (Å²) in [5, 5.41) is 19.4. The van der Waals surface area contributed by atoms with Crippen molar-refractivity contribution >= 4 is 25.4 Å². The van der Waals surface area contributed by atoms with Gasteiger partial charge in [0.2, 0.25) is 0 Å². The van der Waals surface area contributed by atoms with Gasteiger partial charge in [0.05, 0.1) is 37.8 Å². The maximum absolute atomic E-state index is 13.5. The molecule has 2 saturated carbocycles. The molecule has 8 heteroatoms. The molecule has 0 radical (unpaired) electrons. The van der Waals surface area contributed by atoms with Crippen LogP contribution in [0.3, 0.4) is 0 Å². The topological polar surface area (TPSA) is 74.5 Å². The SMILES string of the molecule is C=C1/C=N\N(c2ccc(F)cc2)C/C=C2/CC[C@H](OC/C=C(/C=C\CC=CCC)C(CO)N=O)[C@@]2(C2CC2)C1.S. The van der Waals surface area contributed by atoms with Crippen LogP contribution >= 0.6 is 13.5 Å². The molecule has 0 aromatic heterocycles. The molecule has 40 heavy (non-hydrogen) atoms. The molecule has 2 fully saturated rings. The van der Waals surface area contributed by atoms with Gasteiger partial charge >= 0.3 is 0 Å². The van der Waals surface area contributed by atoms with Crippen LogP contribution in [-0.2, 0) is 4.74 Å². The summed E-state index contributed by atoms with van der Waals surface area (Å²) in [5.74, 6) is 0.267. The third-order valence-corrected chi connectivity index (χ3v) is 7.97. The van der Waals surface area contributed by atoms with E-state index < -0.39 is 6.04 Å². The van der Waals surface area contributed by atoms with E-state index in [0.717, 1.165) is 43.4 Å². The van der Waals surface area contributed by atoms with Gasteiger partial charge in [-0.2, -0.15) is 23.5 Å². The molecule has 0 spiro atoms. The van der Waals surface area contributed by atoms with Gasteiger partial charge in [-0.1, -0.05) is 60.7 Å². The highest BCUT2D eigenvalue weighted by Crippen LogP contribution is 2.61. The average Bonchev–Trinajstić information content (AvgIpc) is 3.73. The van der Waals surface area contributed by atoms with Gasteiger partial charge in [-0.25, -0.2) is 4.39 Å². The van der Waals surface area contributed by atoms with Crippen molar-refractivity contribution in [2.24, 2.45) is 21.6 Å². The minimum absolute atomic E-state index is 0. The van der Waals surface area contributed by atoms with Crippen LogP contribution in [0.4, 0.5) is 10.1 Å². The summed E-state index contributed by atoms with van der Waals surface area (Å²) >= 11 is 0. The molecule has 0 amide bonds. The van der Waals surface area contributed by atoms with Crippen LogP contribution in [0.15, 0.2) is 94.3 Å². The highest BCUT2D eigenvalue weighted by Gasteiger charge is 2.56. The van der Waals surface area contributed by atoms with E-state index in [1.807, 2.05) is 29.5 Å². The van der Waals surface area contributed by atoms with E-state index in [2.05, 4.69) is 42.0 Å². The third kappa shape index (κ3) is 7.68. The lowest BCUT2D eigenvalue weighted by molar-refractivity contribution is -0.00570. The molecule has 2 aliphatic carbocycles. The highest BCUT2D eigenvalue weighted by atomic mass is 32.1. The zero-order valence-electron chi connectivity index (χ0n) is 23.3. The van der Waals surface area contributed by atoms with Gasteiger partial charge < -0.3 is 9.84 Å². The van der Waals surface area contributed by atoms with Crippen LogP contribution in [0.2, 0.25) is 0 Å². The van der Waals surface area contributed by atoms with Gasteiger partial charge in [0.15, 0.2) is 0 Å². The second kappa shape index (κ2) is 15.3. The minimum atomic E-state index is -0.810. The Balaban J connectivity index is 0.00000441. The molecule has 1 aromatic carbocycles. The van der Waals surface area contributed by atoms with E-state index in [1.54, 1.807) is 12.1 Å². The van der Waals surface area contributed by atoms with Gasteiger partial charge in [-0.05, 0) is 86.3 Å². The average molecular weight is 568 g/mol. The van der Waals surface area contributed by atoms with E-state index in [9.17, 15) is 14.4 Å². The van der Waals surface area contributed by atoms with Gasteiger partial charge in [0.25, 0.3) is 0 Å². The predicted octanol–water partition coefficient (Wildman–Crippen LogP) is 7.16. The number of ether oxygens (including phenoxy) is 1. The number of hydrogen-bond acceptors (Lipinski definition) is 6. The Morgan fingerprint density at radius 1 is 1.27 bits per heavy atom. The van der Waals surface area contributed by atoms with Crippen LogP contribution < -0.4 is 5.01 Å². The molecule has 3 aliphatic rings. The van der Waals surface area contributed by atoms with Gasteiger partial charge in [-0.3, -0.25) is 5.01 Å². The fraction of sp³-hybridized carbons (Fsp3) is 0.469. The third-order valence-electron chi connectivity index (χ3n) is 7.97. The Kier molecular flexibility index (Phi) is 12.1. The molecule has 1 heterocycles. The Hall–Kier alpha value is -2.81. The number of halogens is 1. The molecule has 3 atom stereocenters. The molecule has 4 rings (SSSR count). The number of fused-ring (bicyclic) bond motifs is 1. The molecular weight excluding hydrogens is 525 g/mol. The van der Waals surface area contributed by atoms with Crippen LogP contribution in [0.1, 0.15) is 51.9 Å². The quantitative estimate of drug-likeness (QED) is 0.165. The van der Waals surface area contributed by atoms with Crippen LogP contribution in [-0.4, -0.2) is 43.2 Å². The number of benzene rings is 1. The first-order chi connectivity index (χ1) is 19.0. The van der Waals surface area contributed by atoms with Crippen molar-refractivity contribution in [3.05, 3.63) is 94.7 Å². The summed E-state index contributed by atoms with van der Waals surface area (Å²) in [6.45, 7) is 7.02. The molecule has 1 aliphatic heterocycles. The second-order valence-corrected chi connectivity index (χ2v) is 10.6. The lowest BCUT2D eigenvalue weighted by Crippen LogP contribution is -2.36. The molecule has 1 unspecified atom stereocenters. The summed E-state index contributed by atoms with van der Waals surface area (Å²) < 4.78 is 20.1. The molecule has 0 saturated heterocycles. The Morgan fingerprint density at radius 3 is 2.73 bits per heavy atom. The lowest BCUT2D eigenvalue weighted by atomic mass is 9.71. The van der Waals surface area contributed by atoms with E-state index in [1.165, 1.54) is 30.5 Å². The number of nitroso groups, excluding NO2 is 1. The number of hydrogen-bond donors (Lipinski definition) is 1. The maximum atomic E-state index is 13.5. The summed E-state index contributed by atoms with van der Waals surface area (Å²) in [5.41, 5.74) is 3.72. The maximum Gasteiger partial charge on any atom is 0.140 e. The summed E-state index contributed by atoms with van der Waals surface area (Å²) in [6, 6.07) is 5.58. The van der Waals surface area contributed by atoms with Gasteiger partial charge in [0, 0.05) is 5.41 Å². The highest BCUT2D eigenvalue weighted by molar-refractivity contribution is 7.59.